The fourth-order valence-electron chi connectivity index (χ4n) is 1.05. The van der Waals surface area contributed by atoms with Crippen molar-refractivity contribution in [3.05, 3.63) is 54.1 Å². The molecule has 76 valence electrons. The van der Waals surface area contributed by atoms with Crippen LogP contribution in [0.4, 0.5) is 4.39 Å². The quantitative estimate of drug-likeness (QED) is 0.743. The van der Waals surface area contributed by atoms with Gasteiger partial charge in [0.15, 0.2) is 0 Å². The normalized spacial score (nSPS) is 9.93. The number of benzene rings is 1. The predicted molar refractivity (Wildman–Crippen MR) is 49.5 cm³/mol. The summed E-state index contributed by atoms with van der Waals surface area (Å²) in [5.41, 5.74) is 0.383. The average molecular weight is 206 g/mol. The van der Waals surface area contributed by atoms with Crippen LogP contribution in [0.15, 0.2) is 42.6 Å². The van der Waals surface area contributed by atoms with Gasteiger partial charge < -0.3 is 4.84 Å². The third-order valence-electron chi connectivity index (χ3n) is 1.72. The number of nitrogens with zero attached hydrogens (tertiary/aromatic N) is 2. The van der Waals surface area contributed by atoms with Gasteiger partial charge in [-0.15, -0.1) is 5.10 Å². The van der Waals surface area contributed by atoms with Crippen LogP contribution in [0.1, 0.15) is 10.4 Å². The minimum absolute atomic E-state index is 0.383. The minimum atomic E-state index is -0.698. The molecule has 0 radical (unpaired) electrons. The van der Waals surface area contributed by atoms with Crippen molar-refractivity contribution in [3.8, 4) is 0 Å². The van der Waals surface area contributed by atoms with Crippen molar-refractivity contribution in [2.45, 2.75) is 0 Å². The van der Waals surface area contributed by atoms with Gasteiger partial charge in [-0.1, -0.05) is 23.0 Å². The molecule has 1 aromatic carbocycles. The van der Waals surface area contributed by atoms with Gasteiger partial charge in [-0.3, -0.25) is 0 Å². The molecule has 2 rings (SSSR count). The lowest BCUT2D eigenvalue weighted by molar-refractivity contribution is 0.0386. The van der Waals surface area contributed by atoms with Gasteiger partial charge in [0.25, 0.3) is 0 Å². The molecular weight excluding hydrogens is 199 g/mol. The zero-order chi connectivity index (χ0) is 10.7. The second-order valence-corrected chi connectivity index (χ2v) is 2.79. The molecule has 0 atom stereocenters. The number of carbonyl (C=O) groups excluding carboxylic acids is 1. The third kappa shape index (κ3) is 2.19. The molecule has 0 amide bonds. The molecule has 0 aliphatic rings. The Morgan fingerprint density at radius 2 is 2.00 bits per heavy atom. The molecule has 0 aliphatic heterocycles. The predicted octanol–water partition coefficient (Wildman–Crippen LogP) is 1.29. The number of carbonyl (C=O) groups is 1. The van der Waals surface area contributed by atoms with Gasteiger partial charge in [0, 0.05) is 6.07 Å². The molecule has 15 heavy (non-hydrogen) atoms. The first-order valence-corrected chi connectivity index (χ1v) is 4.24. The first-order valence-electron chi connectivity index (χ1n) is 4.24. The van der Waals surface area contributed by atoms with E-state index in [1.54, 1.807) is 30.3 Å². The Morgan fingerprint density at radius 3 is 2.60 bits per heavy atom. The fourth-order valence-corrected chi connectivity index (χ4v) is 1.05. The van der Waals surface area contributed by atoms with Crippen molar-refractivity contribution in [1.29, 1.82) is 0 Å². The van der Waals surface area contributed by atoms with Crippen molar-refractivity contribution in [2.24, 2.45) is 0 Å². The van der Waals surface area contributed by atoms with E-state index in [9.17, 15) is 9.18 Å². The van der Waals surface area contributed by atoms with E-state index in [1.807, 2.05) is 0 Å². The van der Waals surface area contributed by atoms with Gasteiger partial charge in [0.1, 0.15) is 0 Å². The maximum absolute atomic E-state index is 12.5. The molecule has 1 heterocycles. The van der Waals surface area contributed by atoms with E-state index >= 15 is 0 Å². The van der Waals surface area contributed by atoms with Crippen LogP contribution in [0.25, 0.3) is 0 Å². The molecule has 4 nitrogen and oxygen atoms in total. The van der Waals surface area contributed by atoms with Crippen molar-refractivity contribution in [2.75, 3.05) is 0 Å². The van der Waals surface area contributed by atoms with Crippen LogP contribution in [0.3, 0.4) is 0 Å². The number of aromatic nitrogens is 2. The summed E-state index contributed by atoms with van der Waals surface area (Å²) in [6.45, 7) is 0. The summed E-state index contributed by atoms with van der Waals surface area (Å²) in [5, 5.41) is 3.28. The topological polar surface area (TPSA) is 44.1 Å². The van der Waals surface area contributed by atoms with Crippen molar-refractivity contribution in [1.82, 2.24) is 9.94 Å². The van der Waals surface area contributed by atoms with E-state index in [1.165, 1.54) is 6.20 Å². The van der Waals surface area contributed by atoms with Crippen LogP contribution >= 0.6 is 0 Å². The number of hydrogen-bond donors (Lipinski definition) is 0. The Kier molecular flexibility index (Phi) is 2.45. The fraction of sp³-hybridized carbons (Fsp3) is 0. The smallest absolute Gasteiger partial charge is 0.314 e. The largest absolute Gasteiger partial charge is 0.365 e. The molecule has 0 aliphatic carbocycles. The average Bonchev–Trinajstić information content (AvgIpc) is 2.65. The highest BCUT2D eigenvalue weighted by molar-refractivity contribution is 5.89. The van der Waals surface area contributed by atoms with Crippen LogP contribution in [0, 0.1) is 5.95 Å². The highest BCUT2D eigenvalue weighted by atomic mass is 19.1. The molecule has 0 bridgehead atoms. The van der Waals surface area contributed by atoms with Crippen molar-refractivity contribution < 1.29 is 14.0 Å². The number of hydrogen-bond acceptors (Lipinski definition) is 3. The molecule has 0 saturated heterocycles. The second kappa shape index (κ2) is 3.91. The highest BCUT2D eigenvalue weighted by Gasteiger charge is 2.08. The molecule has 2 aromatic rings. The Morgan fingerprint density at radius 1 is 1.27 bits per heavy atom. The molecule has 0 saturated carbocycles. The van der Waals surface area contributed by atoms with Crippen molar-refractivity contribution in [3.63, 3.8) is 0 Å². The van der Waals surface area contributed by atoms with Crippen LogP contribution < -0.4 is 4.84 Å². The lowest BCUT2D eigenvalue weighted by Gasteiger charge is -2.01. The standard InChI is InChI=1S/C10H7FN2O2/c11-9-6-7-13(12-9)15-10(14)8-4-2-1-3-5-8/h1-7H. The van der Waals surface area contributed by atoms with Gasteiger partial charge >= 0.3 is 5.97 Å². The van der Waals surface area contributed by atoms with E-state index in [0.717, 1.165) is 10.9 Å². The SMILES string of the molecule is O=C(On1ccc(F)n1)c1ccccc1. The Labute approximate surface area is 84.9 Å². The lowest BCUT2D eigenvalue weighted by Crippen LogP contribution is -2.20. The van der Waals surface area contributed by atoms with E-state index in [2.05, 4.69) is 5.10 Å². The monoisotopic (exact) mass is 206 g/mol. The Balaban J connectivity index is 2.11. The summed E-state index contributed by atoms with van der Waals surface area (Å²) >= 11 is 0. The van der Waals surface area contributed by atoms with Gasteiger partial charge in [-0.05, 0) is 12.1 Å². The lowest BCUT2D eigenvalue weighted by atomic mass is 10.2. The van der Waals surface area contributed by atoms with Crippen LogP contribution in [0.5, 0.6) is 0 Å². The second-order valence-electron chi connectivity index (χ2n) is 2.79. The van der Waals surface area contributed by atoms with E-state index in [4.69, 9.17) is 4.84 Å². The highest BCUT2D eigenvalue weighted by Crippen LogP contribution is 1.99. The molecule has 0 N–H and O–H groups in total. The summed E-state index contributed by atoms with van der Waals surface area (Å²) in [5.74, 6) is -1.28. The van der Waals surface area contributed by atoms with E-state index in [0.29, 0.717) is 5.56 Å². The maximum atomic E-state index is 12.5. The van der Waals surface area contributed by atoms with E-state index < -0.39 is 11.9 Å². The van der Waals surface area contributed by atoms with Gasteiger partial charge in [-0.25, -0.2) is 4.79 Å². The summed E-state index contributed by atoms with van der Waals surface area (Å²) < 4.78 is 12.5. The van der Waals surface area contributed by atoms with E-state index in [-0.39, 0.29) is 0 Å². The molecule has 0 fully saturated rings. The summed E-state index contributed by atoms with van der Waals surface area (Å²) in [7, 11) is 0. The Hall–Kier alpha value is -2.17. The first kappa shape index (κ1) is 9.39. The van der Waals surface area contributed by atoms with Crippen LogP contribution in [-0.4, -0.2) is 15.9 Å². The molecule has 1 aromatic heterocycles. The molecular formula is C10H7FN2O2. The van der Waals surface area contributed by atoms with Gasteiger partial charge in [0.2, 0.25) is 5.95 Å². The first-order chi connectivity index (χ1) is 7.25. The summed E-state index contributed by atoms with van der Waals surface area (Å²) in [4.78, 5) is 16.9. The summed E-state index contributed by atoms with van der Waals surface area (Å²) in [6.07, 6.45) is 1.22. The van der Waals surface area contributed by atoms with Gasteiger partial charge in [-0.2, -0.15) is 4.39 Å². The Bertz CT molecular complexity index is 467. The molecule has 0 spiro atoms. The van der Waals surface area contributed by atoms with Crippen molar-refractivity contribution >= 4 is 5.97 Å². The summed E-state index contributed by atoms with van der Waals surface area (Å²) in [6, 6.07) is 9.49. The zero-order valence-corrected chi connectivity index (χ0v) is 7.63. The third-order valence-corrected chi connectivity index (χ3v) is 1.72. The number of rotatable bonds is 2. The van der Waals surface area contributed by atoms with Gasteiger partial charge in [0.05, 0.1) is 11.8 Å². The molecule has 5 heteroatoms. The van der Waals surface area contributed by atoms with Crippen LogP contribution in [0.2, 0.25) is 0 Å². The van der Waals surface area contributed by atoms with Crippen LogP contribution in [-0.2, 0) is 0 Å². The zero-order valence-electron chi connectivity index (χ0n) is 7.63. The number of halogens is 1. The molecule has 0 unspecified atom stereocenters. The minimum Gasteiger partial charge on any atom is -0.314 e. The maximum Gasteiger partial charge on any atom is 0.365 e.